The summed E-state index contributed by atoms with van der Waals surface area (Å²) >= 11 is 0. The third kappa shape index (κ3) is 2.93. The topological polar surface area (TPSA) is 49.9 Å². The normalized spacial score (nSPS) is 31.2. The van der Waals surface area contributed by atoms with Crippen molar-refractivity contribution in [1.29, 1.82) is 0 Å². The van der Waals surface area contributed by atoms with Crippen molar-refractivity contribution >= 4 is 11.8 Å². The molecule has 1 unspecified atom stereocenters. The Bertz CT molecular complexity index is 422. The Kier molecular flexibility index (Phi) is 4.20. The van der Waals surface area contributed by atoms with E-state index in [0.717, 1.165) is 25.8 Å². The Morgan fingerprint density at radius 3 is 2.81 bits per heavy atom. The summed E-state index contributed by atoms with van der Waals surface area (Å²) in [6.45, 7) is 2.35. The largest absolute Gasteiger partial charge is 0.361 e. The predicted molar refractivity (Wildman–Crippen MR) is 78.7 cm³/mol. The smallest absolute Gasteiger partial charge is 0.256 e. The Hall–Kier alpha value is -1.10. The molecule has 0 bridgehead atoms. The molecule has 2 amide bonds. The molecule has 0 aromatic rings. The molecule has 1 spiro atoms. The number of likely N-dealkylation sites (tertiary alicyclic amines) is 1. The van der Waals surface area contributed by atoms with Crippen LogP contribution in [0.15, 0.2) is 0 Å². The van der Waals surface area contributed by atoms with Crippen LogP contribution in [0.5, 0.6) is 0 Å². The summed E-state index contributed by atoms with van der Waals surface area (Å²) < 4.78 is 5.91. The van der Waals surface area contributed by atoms with Crippen molar-refractivity contribution in [2.24, 2.45) is 5.92 Å². The van der Waals surface area contributed by atoms with Crippen LogP contribution in [-0.2, 0) is 14.3 Å². The summed E-state index contributed by atoms with van der Waals surface area (Å²) in [6, 6.07) is 0. The Morgan fingerprint density at radius 1 is 1.29 bits per heavy atom. The van der Waals surface area contributed by atoms with Crippen LogP contribution in [0.1, 0.15) is 44.9 Å². The minimum atomic E-state index is -0.779. The lowest BCUT2D eigenvalue weighted by Gasteiger charge is -2.42. The number of rotatable bonds is 2. The molecule has 2 heterocycles. The third-order valence-electron chi connectivity index (χ3n) is 5.29. The van der Waals surface area contributed by atoms with E-state index in [-0.39, 0.29) is 11.8 Å². The minimum Gasteiger partial charge on any atom is -0.361 e. The number of likely N-dealkylation sites (N-methyl/N-ethyl adjacent to an activating group) is 1. The molecule has 1 atom stereocenters. The van der Waals surface area contributed by atoms with E-state index in [1.165, 1.54) is 19.3 Å². The number of amides is 2. The van der Waals surface area contributed by atoms with Gasteiger partial charge < -0.3 is 14.5 Å². The number of carbonyl (C=O) groups excluding carboxylic acids is 2. The molecule has 3 rings (SSSR count). The standard InChI is InChI=1S/C16H26N2O3/c1-17-8-3-2-7-16(15(17)20)12-18(9-10-21-16)14(19)11-13-5-4-6-13/h13H,2-12H2,1H3. The van der Waals surface area contributed by atoms with E-state index in [1.807, 2.05) is 11.9 Å². The van der Waals surface area contributed by atoms with Gasteiger partial charge in [-0.1, -0.05) is 6.42 Å². The van der Waals surface area contributed by atoms with Gasteiger partial charge in [0.05, 0.1) is 13.2 Å². The van der Waals surface area contributed by atoms with Gasteiger partial charge >= 0.3 is 0 Å². The molecule has 1 aliphatic carbocycles. The van der Waals surface area contributed by atoms with Gasteiger partial charge in [-0.3, -0.25) is 9.59 Å². The van der Waals surface area contributed by atoms with Crippen molar-refractivity contribution in [3.05, 3.63) is 0 Å². The van der Waals surface area contributed by atoms with Crippen LogP contribution < -0.4 is 0 Å². The van der Waals surface area contributed by atoms with E-state index >= 15 is 0 Å². The quantitative estimate of drug-likeness (QED) is 0.774. The van der Waals surface area contributed by atoms with Crippen molar-refractivity contribution in [2.75, 3.05) is 33.3 Å². The summed E-state index contributed by atoms with van der Waals surface area (Å²) in [5.74, 6) is 0.840. The summed E-state index contributed by atoms with van der Waals surface area (Å²) in [7, 11) is 1.84. The summed E-state index contributed by atoms with van der Waals surface area (Å²) in [5, 5.41) is 0. The summed E-state index contributed by atoms with van der Waals surface area (Å²) in [5.41, 5.74) is -0.779. The highest BCUT2D eigenvalue weighted by Gasteiger charge is 2.47. The first kappa shape index (κ1) is 14.8. The van der Waals surface area contributed by atoms with Crippen LogP contribution in [0.25, 0.3) is 0 Å². The van der Waals surface area contributed by atoms with Crippen LogP contribution in [0.2, 0.25) is 0 Å². The molecule has 118 valence electrons. The maximum atomic E-state index is 12.6. The van der Waals surface area contributed by atoms with E-state index in [4.69, 9.17) is 4.74 Å². The zero-order chi connectivity index (χ0) is 14.9. The van der Waals surface area contributed by atoms with Gasteiger partial charge in [-0.15, -0.1) is 0 Å². The Labute approximate surface area is 126 Å². The number of nitrogens with zero attached hydrogens (tertiary/aromatic N) is 2. The van der Waals surface area contributed by atoms with Gasteiger partial charge in [0.2, 0.25) is 5.91 Å². The van der Waals surface area contributed by atoms with Crippen LogP contribution in [0.4, 0.5) is 0 Å². The lowest BCUT2D eigenvalue weighted by molar-refractivity contribution is -0.173. The average molecular weight is 294 g/mol. The van der Waals surface area contributed by atoms with Gasteiger partial charge in [0.1, 0.15) is 0 Å². The van der Waals surface area contributed by atoms with Crippen molar-refractivity contribution in [1.82, 2.24) is 9.80 Å². The molecule has 5 heteroatoms. The minimum absolute atomic E-state index is 0.0566. The first-order valence-corrected chi connectivity index (χ1v) is 8.28. The third-order valence-corrected chi connectivity index (χ3v) is 5.29. The number of hydrogen-bond donors (Lipinski definition) is 0. The van der Waals surface area contributed by atoms with Gasteiger partial charge in [0.25, 0.3) is 5.91 Å². The molecular formula is C16H26N2O3. The SMILES string of the molecule is CN1CCCCC2(CN(C(=O)CC3CCC3)CCO2)C1=O. The van der Waals surface area contributed by atoms with Crippen molar-refractivity contribution < 1.29 is 14.3 Å². The molecule has 2 saturated heterocycles. The second kappa shape index (κ2) is 5.95. The molecule has 21 heavy (non-hydrogen) atoms. The maximum absolute atomic E-state index is 12.6. The Balaban J connectivity index is 1.68. The van der Waals surface area contributed by atoms with E-state index < -0.39 is 5.60 Å². The van der Waals surface area contributed by atoms with Crippen molar-refractivity contribution in [3.8, 4) is 0 Å². The van der Waals surface area contributed by atoms with Crippen LogP contribution in [0.3, 0.4) is 0 Å². The fourth-order valence-corrected chi connectivity index (χ4v) is 3.67. The summed E-state index contributed by atoms with van der Waals surface area (Å²) in [6.07, 6.45) is 7.02. The average Bonchev–Trinajstić information content (AvgIpc) is 2.57. The predicted octanol–water partition coefficient (Wildman–Crippen LogP) is 1.42. The van der Waals surface area contributed by atoms with Crippen LogP contribution >= 0.6 is 0 Å². The molecule has 0 N–H and O–H groups in total. The molecule has 0 aromatic carbocycles. The van der Waals surface area contributed by atoms with E-state index in [9.17, 15) is 9.59 Å². The van der Waals surface area contributed by atoms with Gasteiger partial charge in [0.15, 0.2) is 5.60 Å². The zero-order valence-electron chi connectivity index (χ0n) is 13.0. The van der Waals surface area contributed by atoms with Crippen LogP contribution in [0, 0.1) is 5.92 Å². The fourth-order valence-electron chi connectivity index (χ4n) is 3.67. The molecule has 0 aromatic heterocycles. The number of ether oxygens (including phenoxy) is 1. The summed E-state index contributed by atoms with van der Waals surface area (Å²) in [4.78, 5) is 28.7. The van der Waals surface area contributed by atoms with Gasteiger partial charge in [-0.25, -0.2) is 0 Å². The van der Waals surface area contributed by atoms with Gasteiger partial charge in [0, 0.05) is 26.6 Å². The first-order chi connectivity index (χ1) is 10.1. The fraction of sp³-hybridized carbons (Fsp3) is 0.875. The zero-order valence-corrected chi connectivity index (χ0v) is 13.0. The van der Waals surface area contributed by atoms with E-state index in [2.05, 4.69) is 0 Å². The Morgan fingerprint density at radius 2 is 2.10 bits per heavy atom. The van der Waals surface area contributed by atoms with Crippen molar-refractivity contribution in [3.63, 3.8) is 0 Å². The highest BCUT2D eigenvalue weighted by Crippen LogP contribution is 2.32. The molecule has 3 fully saturated rings. The van der Waals surface area contributed by atoms with E-state index in [0.29, 0.717) is 32.0 Å². The molecular weight excluding hydrogens is 268 g/mol. The first-order valence-electron chi connectivity index (χ1n) is 8.28. The number of carbonyl (C=O) groups is 2. The highest BCUT2D eigenvalue weighted by atomic mass is 16.5. The molecule has 5 nitrogen and oxygen atoms in total. The van der Waals surface area contributed by atoms with Crippen molar-refractivity contribution in [2.45, 2.75) is 50.5 Å². The molecule has 1 saturated carbocycles. The maximum Gasteiger partial charge on any atom is 0.256 e. The van der Waals surface area contributed by atoms with Gasteiger partial charge in [-0.2, -0.15) is 0 Å². The van der Waals surface area contributed by atoms with Gasteiger partial charge in [-0.05, 0) is 38.0 Å². The van der Waals surface area contributed by atoms with Crippen LogP contribution in [-0.4, -0.2) is 60.5 Å². The monoisotopic (exact) mass is 294 g/mol. The molecule has 2 aliphatic heterocycles. The second-order valence-electron chi connectivity index (χ2n) is 6.84. The molecule has 0 radical (unpaired) electrons. The second-order valence-corrected chi connectivity index (χ2v) is 6.84. The molecule has 3 aliphatic rings. The number of hydrogen-bond acceptors (Lipinski definition) is 3. The number of morpholine rings is 1. The lowest BCUT2D eigenvalue weighted by Crippen LogP contribution is -2.60. The van der Waals surface area contributed by atoms with E-state index in [1.54, 1.807) is 4.90 Å². The lowest BCUT2D eigenvalue weighted by atomic mass is 9.82. The highest BCUT2D eigenvalue weighted by molar-refractivity contribution is 5.87.